The second-order valence-corrected chi connectivity index (χ2v) is 7.88. The molecule has 33 heavy (non-hydrogen) atoms. The molecule has 0 radical (unpaired) electrons. The lowest BCUT2D eigenvalue weighted by Gasteiger charge is -2.34. The lowest BCUT2D eigenvalue weighted by Crippen LogP contribution is -2.52. The van der Waals surface area contributed by atoms with E-state index in [-0.39, 0.29) is 18.4 Å². The molecule has 1 aliphatic rings. The van der Waals surface area contributed by atoms with Gasteiger partial charge in [-0.15, -0.1) is 0 Å². The first kappa shape index (κ1) is 24.3. The Labute approximate surface area is 194 Å². The summed E-state index contributed by atoms with van der Waals surface area (Å²) < 4.78 is 5.62. The Morgan fingerprint density at radius 2 is 1.67 bits per heavy atom. The van der Waals surface area contributed by atoms with Gasteiger partial charge in [-0.25, -0.2) is 0 Å². The number of hydrogen-bond donors (Lipinski definition) is 1. The van der Waals surface area contributed by atoms with E-state index in [9.17, 15) is 9.59 Å². The number of nitrogens with zero attached hydrogens (tertiary/aromatic N) is 3. The molecule has 0 bridgehead atoms. The molecular weight excluding hydrogens is 422 g/mol. The van der Waals surface area contributed by atoms with Crippen molar-refractivity contribution in [3.8, 4) is 5.75 Å². The third kappa shape index (κ3) is 7.61. The number of carbonyl (C=O) groups is 2. The minimum absolute atomic E-state index is 0.0435. The quantitative estimate of drug-likeness (QED) is 0.440. The second-order valence-electron chi connectivity index (χ2n) is 7.88. The fourth-order valence-corrected chi connectivity index (χ4v) is 3.51. The Balaban J connectivity index is 1.32. The number of benzene rings is 2. The van der Waals surface area contributed by atoms with Gasteiger partial charge in [0.15, 0.2) is 6.61 Å². The third-order valence-electron chi connectivity index (χ3n) is 5.60. The zero-order valence-electron chi connectivity index (χ0n) is 19.0. The average Bonchev–Trinajstić information content (AvgIpc) is 2.86. The zero-order valence-corrected chi connectivity index (χ0v) is 19.0. The highest BCUT2D eigenvalue weighted by Crippen LogP contribution is 2.14. The molecule has 2 aromatic rings. The predicted octanol–water partition coefficient (Wildman–Crippen LogP) is 2.17. The summed E-state index contributed by atoms with van der Waals surface area (Å²) >= 11 is 0. The molecule has 8 heteroatoms. The number of aryl methyl sites for hydroxylation is 2. The molecule has 0 aromatic heterocycles. The first-order valence-electron chi connectivity index (χ1n) is 11.1. The fourth-order valence-electron chi connectivity index (χ4n) is 3.51. The van der Waals surface area contributed by atoms with Crippen LogP contribution >= 0.6 is 0 Å². The van der Waals surface area contributed by atoms with Gasteiger partial charge in [-0.2, -0.15) is 0 Å². The van der Waals surface area contributed by atoms with Crippen LogP contribution in [0.5, 0.6) is 5.75 Å². The first-order chi connectivity index (χ1) is 16.1. The number of aliphatic hydroxyl groups is 1. The summed E-state index contributed by atoms with van der Waals surface area (Å²) in [4.78, 5) is 32.4. The van der Waals surface area contributed by atoms with Crippen LogP contribution in [0, 0.1) is 6.92 Å². The summed E-state index contributed by atoms with van der Waals surface area (Å²) in [7, 11) is 0. The van der Waals surface area contributed by atoms with Gasteiger partial charge in [-0.3, -0.25) is 9.59 Å². The van der Waals surface area contributed by atoms with Crippen LogP contribution < -0.4 is 4.74 Å². The van der Waals surface area contributed by atoms with E-state index in [4.69, 9.17) is 14.7 Å². The van der Waals surface area contributed by atoms with E-state index in [1.54, 1.807) is 16.0 Å². The summed E-state index contributed by atoms with van der Waals surface area (Å²) in [5, 5.41) is 12.9. The number of amides is 2. The van der Waals surface area contributed by atoms with Crippen LogP contribution in [-0.2, 0) is 27.5 Å². The van der Waals surface area contributed by atoms with E-state index >= 15 is 0 Å². The maximum Gasteiger partial charge on any atom is 0.260 e. The van der Waals surface area contributed by atoms with Gasteiger partial charge in [-0.05, 0) is 48.6 Å². The molecule has 0 unspecified atom stereocenters. The van der Waals surface area contributed by atoms with Crippen molar-refractivity contribution in [2.24, 2.45) is 5.16 Å². The molecular formula is C25H31N3O5. The van der Waals surface area contributed by atoms with Crippen molar-refractivity contribution in [2.45, 2.75) is 26.4 Å². The molecule has 0 aliphatic carbocycles. The highest BCUT2D eigenvalue weighted by atomic mass is 16.6. The predicted molar refractivity (Wildman–Crippen MR) is 125 cm³/mol. The average molecular weight is 454 g/mol. The smallest absolute Gasteiger partial charge is 0.260 e. The summed E-state index contributed by atoms with van der Waals surface area (Å²) in [6.45, 7) is 3.73. The number of hydrogen-bond acceptors (Lipinski definition) is 6. The Morgan fingerprint density at radius 1 is 1.00 bits per heavy atom. The van der Waals surface area contributed by atoms with E-state index in [1.165, 1.54) is 5.56 Å². The minimum atomic E-state index is -0.498. The van der Waals surface area contributed by atoms with Crippen LogP contribution in [0.4, 0.5) is 0 Å². The maximum absolute atomic E-state index is 12.3. The second kappa shape index (κ2) is 12.6. The molecule has 0 spiro atoms. The van der Waals surface area contributed by atoms with E-state index in [2.05, 4.69) is 18.1 Å². The largest absolute Gasteiger partial charge is 0.484 e. The molecule has 0 atom stereocenters. The zero-order chi connectivity index (χ0) is 23.5. The van der Waals surface area contributed by atoms with Crippen molar-refractivity contribution in [1.82, 2.24) is 9.80 Å². The molecule has 1 heterocycles. The lowest BCUT2D eigenvalue weighted by molar-refractivity contribution is -0.142. The minimum Gasteiger partial charge on any atom is -0.484 e. The molecule has 2 aromatic carbocycles. The van der Waals surface area contributed by atoms with Gasteiger partial charge in [0.25, 0.3) is 5.91 Å². The topological polar surface area (TPSA) is 91.7 Å². The van der Waals surface area contributed by atoms with Gasteiger partial charge in [0.05, 0.1) is 0 Å². The van der Waals surface area contributed by atoms with Crippen molar-refractivity contribution < 1.29 is 24.3 Å². The normalized spacial score (nSPS) is 13.9. The van der Waals surface area contributed by atoms with Crippen LogP contribution in [0.2, 0.25) is 0 Å². The maximum atomic E-state index is 12.3. The van der Waals surface area contributed by atoms with Crippen LogP contribution in [0.3, 0.4) is 0 Å². The summed E-state index contributed by atoms with van der Waals surface area (Å²) in [5.41, 5.74) is 3.46. The fraction of sp³-hybridized carbons (Fsp3) is 0.400. The van der Waals surface area contributed by atoms with Crippen molar-refractivity contribution in [1.29, 1.82) is 0 Å². The summed E-state index contributed by atoms with van der Waals surface area (Å²) in [6.07, 6.45) is 3.36. The molecule has 1 aliphatic heterocycles. The standard InChI is InChI=1S/C25H31N3O5/c1-20-5-2-3-7-22(20)18-33-26-12-4-6-21-8-10-23(11-9-21)32-19-25(31)28-15-13-27(14-16-28)24(30)17-29/h2-3,5,7-12,29H,4,6,13-19H2,1H3. The van der Waals surface area contributed by atoms with Crippen molar-refractivity contribution in [3.63, 3.8) is 0 Å². The van der Waals surface area contributed by atoms with Crippen LogP contribution in [0.25, 0.3) is 0 Å². The molecule has 1 N–H and O–H groups in total. The van der Waals surface area contributed by atoms with Crippen molar-refractivity contribution in [3.05, 3.63) is 65.2 Å². The number of ether oxygens (including phenoxy) is 1. The van der Waals surface area contributed by atoms with Crippen LogP contribution in [0.15, 0.2) is 53.7 Å². The third-order valence-corrected chi connectivity index (χ3v) is 5.60. The van der Waals surface area contributed by atoms with E-state index < -0.39 is 6.61 Å². The van der Waals surface area contributed by atoms with Crippen LogP contribution in [-0.4, -0.2) is 72.3 Å². The van der Waals surface area contributed by atoms with Gasteiger partial charge >= 0.3 is 0 Å². The first-order valence-corrected chi connectivity index (χ1v) is 11.1. The number of aliphatic hydroxyl groups excluding tert-OH is 1. The summed E-state index contributed by atoms with van der Waals surface area (Å²) in [6, 6.07) is 15.7. The van der Waals surface area contributed by atoms with Gasteiger partial charge in [0.2, 0.25) is 5.91 Å². The Morgan fingerprint density at radius 3 is 2.33 bits per heavy atom. The van der Waals surface area contributed by atoms with Gasteiger partial charge < -0.3 is 24.5 Å². The molecule has 8 nitrogen and oxygen atoms in total. The van der Waals surface area contributed by atoms with E-state index in [0.29, 0.717) is 38.5 Å². The molecule has 0 saturated carbocycles. The highest BCUT2D eigenvalue weighted by molar-refractivity contribution is 5.79. The van der Waals surface area contributed by atoms with E-state index in [1.807, 2.05) is 42.5 Å². The SMILES string of the molecule is Cc1ccccc1CON=CCCc1ccc(OCC(=O)N2CCN(C(=O)CO)CC2)cc1. The summed E-state index contributed by atoms with van der Waals surface area (Å²) in [5.74, 6) is 0.216. The molecule has 1 saturated heterocycles. The molecule has 3 rings (SSSR count). The van der Waals surface area contributed by atoms with Crippen LogP contribution in [0.1, 0.15) is 23.1 Å². The number of carbonyl (C=O) groups excluding carboxylic acids is 2. The number of rotatable bonds is 10. The Kier molecular flexibility index (Phi) is 9.26. The molecule has 176 valence electrons. The van der Waals surface area contributed by atoms with Crippen molar-refractivity contribution >= 4 is 18.0 Å². The lowest BCUT2D eigenvalue weighted by atomic mass is 10.1. The van der Waals surface area contributed by atoms with Gasteiger partial charge in [-0.1, -0.05) is 41.6 Å². The van der Waals surface area contributed by atoms with Crippen molar-refractivity contribution in [2.75, 3.05) is 39.4 Å². The highest BCUT2D eigenvalue weighted by Gasteiger charge is 2.23. The number of piperazine rings is 1. The van der Waals surface area contributed by atoms with Gasteiger partial charge in [0.1, 0.15) is 19.0 Å². The monoisotopic (exact) mass is 453 g/mol. The Bertz CT molecular complexity index is 937. The van der Waals surface area contributed by atoms with Gasteiger partial charge in [0, 0.05) is 32.4 Å². The number of oxime groups is 1. The van der Waals surface area contributed by atoms with E-state index in [0.717, 1.165) is 24.0 Å². The Hall–Kier alpha value is -3.39. The molecule has 2 amide bonds. The molecule has 1 fully saturated rings.